The van der Waals surface area contributed by atoms with Crippen molar-refractivity contribution in [2.24, 2.45) is 0 Å². The summed E-state index contributed by atoms with van der Waals surface area (Å²) in [6.45, 7) is 6.47. The molecule has 0 fully saturated rings. The lowest BCUT2D eigenvalue weighted by molar-refractivity contribution is 0.402. The lowest BCUT2D eigenvalue weighted by Crippen LogP contribution is -2.16. The highest BCUT2D eigenvalue weighted by atomic mass is 32.2. The molecule has 2 rings (SSSR count). The molecular weight excluding hydrogens is 194 g/mol. The summed E-state index contributed by atoms with van der Waals surface area (Å²) < 4.78 is 4.60. The second-order valence-electron chi connectivity index (χ2n) is 4.02. The van der Waals surface area contributed by atoms with E-state index in [2.05, 4.69) is 42.0 Å². The van der Waals surface area contributed by atoms with Gasteiger partial charge in [0.15, 0.2) is 0 Å². The van der Waals surface area contributed by atoms with E-state index < -0.39 is 0 Å². The Morgan fingerprint density at radius 2 is 2.29 bits per heavy atom. The number of aryl methyl sites for hydroxylation is 1. The molecule has 0 bridgehead atoms. The van der Waals surface area contributed by atoms with Crippen molar-refractivity contribution in [3.05, 3.63) is 17.5 Å². The summed E-state index contributed by atoms with van der Waals surface area (Å²) >= 11 is 0.00860. The van der Waals surface area contributed by atoms with Gasteiger partial charge in [-0.05, 0) is 26.4 Å². The zero-order valence-corrected chi connectivity index (χ0v) is 10.3. The minimum absolute atomic E-state index is 0.00860. The van der Waals surface area contributed by atoms with E-state index in [0.29, 0.717) is 6.04 Å². The largest absolute Gasteiger partial charge is 0.272 e. The van der Waals surface area contributed by atoms with Crippen LogP contribution in [0.1, 0.15) is 31.1 Å². The van der Waals surface area contributed by atoms with E-state index in [-0.39, 0.29) is 11.1 Å². The van der Waals surface area contributed by atoms with Crippen molar-refractivity contribution in [3.63, 3.8) is 0 Å². The van der Waals surface area contributed by atoms with Crippen LogP contribution in [0, 0.1) is 0 Å². The van der Waals surface area contributed by atoms with Crippen LogP contribution in [0.3, 0.4) is 0 Å². The van der Waals surface area contributed by atoms with Crippen LogP contribution in [0.4, 0.5) is 0 Å². The van der Waals surface area contributed by atoms with E-state index in [9.17, 15) is 0 Å². The van der Waals surface area contributed by atoms with Gasteiger partial charge in [-0.1, -0.05) is 0 Å². The Bertz CT molecular complexity index is 332. The Balaban J connectivity index is 2.26. The van der Waals surface area contributed by atoms with Crippen LogP contribution in [0.5, 0.6) is 0 Å². The Hall–Kier alpha value is -0.480. The van der Waals surface area contributed by atoms with E-state index in [1.165, 1.54) is 11.3 Å². The molecular formula is C10H19N3S. The summed E-state index contributed by atoms with van der Waals surface area (Å²) in [6, 6.07) is 0.513. The van der Waals surface area contributed by atoms with Crippen LogP contribution in [-0.2, 0) is 13.1 Å². The highest BCUT2D eigenvalue weighted by molar-refractivity contribution is 8.13. The molecule has 0 saturated carbocycles. The first-order valence-corrected chi connectivity index (χ1v) is 7.32. The second kappa shape index (κ2) is 3.59. The molecule has 1 unspecified atom stereocenters. The average Bonchev–Trinajstić information content (AvgIpc) is 2.65. The van der Waals surface area contributed by atoms with Gasteiger partial charge in [-0.2, -0.15) is 5.10 Å². The molecule has 0 aliphatic carbocycles. The lowest BCUT2D eigenvalue weighted by Gasteiger charge is -2.28. The fraction of sp³-hybridized carbons (Fsp3) is 0.700. The van der Waals surface area contributed by atoms with Gasteiger partial charge in [-0.15, -0.1) is 0 Å². The smallest absolute Gasteiger partial charge is 0.0847 e. The van der Waals surface area contributed by atoms with Crippen molar-refractivity contribution in [3.8, 4) is 0 Å². The molecule has 0 radical (unpaired) electrons. The lowest BCUT2D eigenvalue weighted by atomic mass is 10.2. The maximum atomic E-state index is 4.61. The molecule has 80 valence electrons. The van der Waals surface area contributed by atoms with Gasteiger partial charge in [0.05, 0.1) is 11.7 Å². The summed E-state index contributed by atoms with van der Waals surface area (Å²) in [6.07, 6.45) is 6.82. The number of fused-ring (bicyclic) bond motifs is 1. The third-order valence-electron chi connectivity index (χ3n) is 2.88. The van der Waals surface area contributed by atoms with Crippen LogP contribution in [0.15, 0.2) is 6.20 Å². The molecule has 2 heterocycles. The summed E-state index contributed by atoms with van der Waals surface area (Å²) in [5.74, 6) is 0. The number of thiol groups is 1. The average molecular weight is 213 g/mol. The van der Waals surface area contributed by atoms with Crippen molar-refractivity contribution in [1.82, 2.24) is 14.1 Å². The van der Waals surface area contributed by atoms with Gasteiger partial charge in [0.25, 0.3) is 0 Å². The maximum Gasteiger partial charge on any atom is 0.0847 e. The summed E-state index contributed by atoms with van der Waals surface area (Å²) in [5, 5.41) is 4.61. The summed E-state index contributed by atoms with van der Waals surface area (Å²) in [4.78, 5) is 0. The van der Waals surface area contributed by atoms with Gasteiger partial charge in [-0.3, -0.25) is 8.99 Å². The molecule has 14 heavy (non-hydrogen) atoms. The topological polar surface area (TPSA) is 21.1 Å². The molecule has 1 atom stereocenters. The predicted octanol–water partition coefficient (Wildman–Crippen LogP) is 1.96. The Labute approximate surface area is 88.6 Å². The molecule has 0 spiro atoms. The quantitative estimate of drug-likeness (QED) is 0.758. The fourth-order valence-corrected chi connectivity index (χ4v) is 3.29. The third kappa shape index (κ3) is 1.46. The first-order chi connectivity index (χ1) is 6.63. The first-order valence-electron chi connectivity index (χ1n) is 5.13. The second-order valence-corrected chi connectivity index (χ2v) is 6.22. The van der Waals surface area contributed by atoms with Gasteiger partial charge in [0.2, 0.25) is 0 Å². The zero-order chi connectivity index (χ0) is 10.3. The highest BCUT2D eigenvalue weighted by Crippen LogP contribution is 2.41. The zero-order valence-electron chi connectivity index (χ0n) is 9.36. The van der Waals surface area contributed by atoms with E-state index in [4.69, 9.17) is 0 Å². The Morgan fingerprint density at radius 3 is 2.79 bits per heavy atom. The normalized spacial score (nSPS) is 22.6. The molecule has 1 aromatic rings. The molecule has 0 saturated heterocycles. The Morgan fingerprint density at radius 1 is 1.57 bits per heavy atom. The van der Waals surface area contributed by atoms with Gasteiger partial charge >= 0.3 is 0 Å². The number of aromatic nitrogens is 2. The number of hydrogen-bond acceptors (Lipinski definition) is 2. The summed E-state index contributed by atoms with van der Waals surface area (Å²) in [5.41, 5.74) is 2.72. The minimum atomic E-state index is 0.00860. The molecule has 0 amide bonds. The van der Waals surface area contributed by atoms with Crippen LogP contribution in [0.25, 0.3) is 0 Å². The van der Waals surface area contributed by atoms with Gasteiger partial charge in [0.1, 0.15) is 0 Å². The Kier molecular flexibility index (Phi) is 2.58. The van der Waals surface area contributed by atoms with Crippen molar-refractivity contribution >= 4 is 11.1 Å². The van der Waals surface area contributed by atoms with Crippen LogP contribution < -0.4 is 0 Å². The van der Waals surface area contributed by atoms with Gasteiger partial charge < -0.3 is 0 Å². The van der Waals surface area contributed by atoms with E-state index in [1.54, 1.807) is 0 Å². The monoisotopic (exact) mass is 213 g/mol. The maximum absolute atomic E-state index is 4.61. The van der Waals surface area contributed by atoms with Crippen molar-refractivity contribution < 1.29 is 0 Å². The molecule has 0 aromatic carbocycles. The van der Waals surface area contributed by atoms with Gasteiger partial charge in [0, 0.05) is 24.8 Å². The third-order valence-corrected chi connectivity index (χ3v) is 4.40. The standard InChI is InChI=1S/C10H19N3S/c1-5-12-6-9-7-13(14(3)4)8(2)10(9)11-12/h6,8,14H,5,7H2,1-4H3. The molecule has 1 aromatic heterocycles. The van der Waals surface area contributed by atoms with Crippen molar-refractivity contribution in [2.45, 2.75) is 33.0 Å². The molecule has 1 aliphatic heterocycles. The van der Waals surface area contributed by atoms with Crippen molar-refractivity contribution in [1.29, 1.82) is 0 Å². The minimum Gasteiger partial charge on any atom is -0.272 e. The first kappa shape index (κ1) is 10.1. The molecule has 4 heteroatoms. The van der Waals surface area contributed by atoms with Crippen LogP contribution in [-0.4, -0.2) is 26.6 Å². The van der Waals surface area contributed by atoms with Crippen molar-refractivity contribution in [2.75, 3.05) is 12.5 Å². The van der Waals surface area contributed by atoms with Gasteiger partial charge in [-0.25, -0.2) is 11.1 Å². The number of hydrogen-bond donors (Lipinski definition) is 1. The number of rotatable bonds is 2. The van der Waals surface area contributed by atoms with Crippen LogP contribution >= 0.6 is 11.1 Å². The van der Waals surface area contributed by atoms with E-state index in [1.807, 2.05) is 4.68 Å². The fourth-order valence-electron chi connectivity index (χ4n) is 2.05. The SMILES string of the molecule is CCn1cc2c(n1)C(C)N([SH](C)C)C2. The number of nitrogens with zero attached hydrogens (tertiary/aromatic N) is 3. The molecule has 3 nitrogen and oxygen atoms in total. The highest BCUT2D eigenvalue weighted by Gasteiger charge is 2.30. The predicted molar refractivity (Wildman–Crippen MR) is 62.7 cm³/mol. The summed E-state index contributed by atoms with van der Waals surface area (Å²) in [7, 11) is 0. The molecule has 0 N–H and O–H groups in total. The molecule has 1 aliphatic rings. The van der Waals surface area contributed by atoms with E-state index in [0.717, 1.165) is 13.1 Å². The van der Waals surface area contributed by atoms with E-state index >= 15 is 0 Å². The van der Waals surface area contributed by atoms with Crippen LogP contribution in [0.2, 0.25) is 0 Å².